The van der Waals surface area contributed by atoms with Crippen LogP contribution in [0.15, 0.2) is 55.0 Å². The number of aromatic nitrogens is 2. The van der Waals surface area contributed by atoms with Crippen LogP contribution in [0.4, 0.5) is 0 Å². The van der Waals surface area contributed by atoms with Gasteiger partial charge in [-0.2, -0.15) is 0 Å². The van der Waals surface area contributed by atoms with Crippen LogP contribution in [0.25, 0.3) is 16.6 Å². The van der Waals surface area contributed by atoms with Crippen LogP contribution >= 0.6 is 0 Å². The minimum Gasteiger partial charge on any atom is -0.323 e. The molecule has 0 aliphatic heterocycles. The van der Waals surface area contributed by atoms with E-state index < -0.39 is 0 Å². The van der Waals surface area contributed by atoms with E-state index in [-0.39, 0.29) is 0 Å². The van der Waals surface area contributed by atoms with Gasteiger partial charge < -0.3 is 9.58 Å². The molecule has 3 aromatic rings. The maximum Gasteiger partial charge on any atom is 0.0715 e. The van der Waals surface area contributed by atoms with Crippen molar-refractivity contribution >= 4 is 10.9 Å². The summed E-state index contributed by atoms with van der Waals surface area (Å²) >= 11 is 0. The Hall–Kier alpha value is -2.16. The van der Waals surface area contributed by atoms with Crippen LogP contribution in [0.2, 0.25) is 0 Å². The van der Waals surface area contributed by atoms with E-state index in [2.05, 4.69) is 57.1 Å². The monoisotopic (exact) mass is 225 g/mol. The van der Waals surface area contributed by atoms with E-state index in [1.165, 1.54) is 16.6 Å². The number of rotatable bonds is 2. The molecule has 0 bridgehead atoms. The van der Waals surface area contributed by atoms with Crippen molar-refractivity contribution < 1.29 is 0 Å². The smallest absolute Gasteiger partial charge is 0.0715 e. The van der Waals surface area contributed by atoms with Crippen LogP contribution in [-0.2, 0) is 0 Å². The van der Waals surface area contributed by atoms with Crippen molar-refractivity contribution in [3.05, 3.63) is 55.0 Å². The zero-order valence-corrected chi connectivity index (χ0v) is 10.0. The van der Waals surface area contributed by atoms with E-state index in [1.807, 2.05) is 26.2 Å². The molecule has 0 aliphatic rings. The Morgan fingerprint density at radius 3 is 2.35 bits per heavy atom. The lowest BCUT2D eigenvalue weighted by Crippen LogP contribution is -2.23. The molecule has 2 aromatic heterocycles. The number of fused-ring (bicyclic) bond motifs is 1. The molecule has 2 heterocycles. The SMILES string of the molecule is CN(C)n1ccc2c(-n3cccc3)cccc21. The molecule has 3 rings (SSSR count). The van der Waals surface area contributed by atoms with Crippen molar-refractivity contribution in [2.75, 3.05) is 19.1 Å². The maximum atomic E-state index is 2.16. The first-order valence-corrected chi connectivity index (χ1v) is 5.68. The molecule has 0 atom stereocenters. The fraction of sp³-hybridized carbons (Fsp3) is 0.143. The van der Waals surface area contributed by atoms with Crippen LogP contribution in [0, 0.1) is 0 Å². The molecule has 0 N–H and O–H groups in total. The molecular formula is C14H15N3. The summed E-state index contributed by atoms with van der Waals surface area (Å²) in [5, 5.41) is 3.33. The second kappa shape index (κ2) is 3.70. The van der Waals surface area contributed by atoms with Gasteiger partial charge in [-0.3, -0.25) is 4.68 Å². The molecule has 1 aromatic carbocycles. The highest BCUT2D eigenvalue weighted by Crippen LogP contribution is 2.23. The second-order valence-electron chi connectivity index (χ2n) is 4.31. The Kier molecular flexibility index (Phi) is 2.18. The van der Waals surface area contributed by atoms with Gasteiger partial charge in [0.05, 0.1) is 11.2 Å². The van der Waals surface area contributed by atoms with Crippen molar-refractivity contribution in [1.82, 2.24) is 9.24 Å². The lowest BCUT2D eigenvalue weighted by Gasteiger charge is -2.16. The summed E-state index contributed by atoms with van der Waals surface area (Å²) in [4.78, 5) is 0. The normalized spacial score (nSPS) is 10.9. The van der Waals surface area contributed by atoms with Crippen molar-refractivity contribution in [1.29, 1.82) is 0 Å². The highest BCUT2D eigenvalue weighted by Gasteiger charge is 2.06. The van der Waals surface area contributed by atoms with Gasteiger partial charge in [-0.1, -0.05) is 6.07 Å². The Morgan fingerprint density at radius 1 is 0.882 bits per heavy atom. The van der Waals surface area contributed by atoms with E-state index >= 15 is 0 Å². The molecular weight excluding hydrogens is 210 g/mol. The number of benzene rings is 1. The van der Waals surface area contributed by atoms with Crippen molar-refractivity contribution in [2.45, 2.75) is 0 Å². The Labute approximate surface area is 100 Å². The number of hydrogen-bond acceptors (Lipinski definition) is 1. The molecule has 0 saturated heterocycles. The number of nitrogens with zero attached hydrogens (tertiary/aromatic N) is 3. The highest BCUT2D eigenvalue weighted by molar-refractivity contribution is 5.88. The summed E-state index contributed by atoms with van der Waals surface area (Å²) in [6.45, 7) is 0. The van der Waals surface area contributed by atoms with Gasteiger partial charge in [-0.15, -0.1) is 0 Å². The molecule has 0 saturated carbocycles. The molecule has 0 spiro atoms. The van der Waals surface area contributed by atoms with Crippen molar-refractivity contribution in [2.24, 2.45) is 0 Å². The average molecular weight is 225 g/mol. The lowest BCUT2D eigenvalue weighted by molar-refractivity contribution is 0.762. The summed E-state index contributed by atoms with van der Waals surface area (Å²) in [6.07, 6.45) is 6.24. The van der Waals surface area contributed by atoms with Crippen LogP contribution in [-0.4, -0.2) is 23.3 Å². The Balaban J connectivity index is 2.28. The zero-order chi connectivity index (χ0) is 11.8. The van der Waals surface area contributed by atoms with Crippen LogP contribution in [0.3, 0.4) is 0 Å². The minimum absolute atomic E-state index is 1.22. The van der Waals surface area contributed by atoms with Gasteiger partial charge >= 0.3 is 0 Å². The van der Waals surface area contributed by atoms with Crippen LogP contribution in [0.5, 0.6) is 0 Å². The van der Waals surface area contributed by atoms with Crippen molar-refractivity contribution in [3.63, 3.8) is 0 Å². The summed E-state index contributed by atoms with van der Waals surface area (Å²) in [6, 6.07) is 12.6. The third kappa shape index (κ3) is 1.51. The third-order valence-electron chi connectivity index (χ3n) is 3.00. The van der Waals surface area contributed by atoms with E-state index in [0.717, 1.165) is 0 Å². The van der Waals surface area contributed by atoms with Gasteiger partial charge in [0.15, 0.2) is 0 Å². The molecule has 0 aliphatic carbocycles. The fourth-order valence-electron chi connectivity index (χ4n) is 2.21. The van der Waals surface area contributed by atoms with Gasteiger partial charge in [0, 0.05) is 38.1 Å². The van der Waals surface area contributed by atoms with Gasteiger partial charge in [0.1, 0.15) is 0 Å². The van der Waals surface area contributed by atoms with E-state index in [0.29, 0.717) is 0 Å². The standard InChI is InChI=1S/C14H15N3/c1-15(2)17-11-8-12-13(6-5-7-14(12)17)16-9-3-4-10-16/h3-11H,1-2H3. The molecule has 0 unspecified atom stereocenters. The number of hydrogen-bond donors (Lipinski definition) is 0. The second-order valence-corrected chi connectivity index (χ2v) is 4.31. The summed E-state index contributed by atoms with van der Waals surface area (Å²) < 4.78 is 4.28. The van der Waals surface area contributed by atoms with Gasteiger partial charge in [-0.25, -0.2) is 0 Å². The predicted octanol–water partition coefficient (Wildman–Crippen LogP) is 2.63. The zero-order valence-electron chi connectivity index (χ0n) is 10.0. The van der Waals surface area contributed by atoms with Crippen LogP contribution < -0.4 is 5.01 Å². The first kappa shape index (κ1) is 10.0. The van der Waals surface area contributed by atoms with E-state index in [1.54, 1.807) is 0 Å². The molecule has 3 heteroatoms. The topological polar surface area (TPSA) is 13.1 Å². The first-order chi connectivity index (χ1) is 8.27. The fourth-order valence-corrected chi connectivity index (χ4v) is 2.21. The molecule has 0 radical (unpaired) electrons. The van der Waals surface area contributed by atoms with Gasteiger partial charge in [0.2, 0.25) is 0 Å². The predicted molar refractivity (Wildman–Crippen MR) is 71.3 cm³/mol. The molecule has 0 amide bonds. The maximum absolute atomic E-state index is 2.16. The van der Waals surface area contributed by atoms with E-state index in [9.17, 15) is 0 Å². The van der Waals surface area contributed by atoms with Crippen molar-refractivity contribution in [3.8, 4) is 5.69 Å². The Bertz CT molecular complexity index is 633. The Morgan fingerprint density at radius 2 is 1.65 bits per heavy atom. The largest absolute Gasteiger partial charge is 0.323 e. The quantitative estimate of drug-likeness (QED) is 0.653. The van der Waals surface area contributed by atoms with E-state index in [4.69, 9.17) is 0 Å². The van der Waals surface area contributed by atoms with Crippen LogP contribution in [0.1, 0.15) is 0 Å². The molecule has 86 valence electrons. The molecule has 3 nitrogen and oxygen atoms in total. The third-order valence-corrected chi connectivity index (χ3v) is 3.00. The summed E-state index contributed by atoms with van der Waals surface area (Å²) in [5.41, 5.74) is 2.44. The lowest BCUT2D eigenvalue weighted by atomic mass is 10.2. The molecule has 17 heavy (non-hydrogen) atoms. The van der Waals surface area contributed by atoms with Gasteiger partial charge in [0.25, 0.3) is 0 Å². The molecule has 0 fully saturated rings. The minimum atomic E-state index is 1.22. The highest BCUT2D eigenvalue weighted by atomic mass is 15.5. The summed E-state index contributed by atoms with van der Waals surface area (Å²) in [7, 11) is 4.09. The van der Waals surface area contributed by atoms with Gasteiger partial charge in [-0.05, 0) is 30.3 Å². The average Bonchev–Trinajstić information content (AvgIpc) is 2.97. The summed E-state index contributed by atoms with van der Waals surface area (Å²) in [5.74, 6) is 0. The first-order valence-electron chi connectivity index (χ1n) is 5.68.